The van der Waals surface area contributed by atoms with E-state index in [2.05, 4.69) is 9.98 Å². The number of amides is 1. The highest BCUT2D eigenvalue weighted by Crippen LogP contribution is 2.23. The van der Waals surface area contributed by atoms with Gasteiger partial charge in [-0.25, -0.2) is 4.99 Å². The Morgan fingerprint density at radius 3 is 2.89 bits per heavy atom. The molecule has 1 aliphatic heterocycles. The van der Waals surface area contributed by atoms with Gasteiger partial charge >= 0.3 is 0 Å². The second-order valence-electron chi connectivity index (χ2n) is 4.14. The van der Waals surface area contributed by atoms with Crippen LogP contribution in [-0.2, 0) is 7.05 Å². The zero-order valence-electron chi connectivity index (χ0n) is 9.87. The van der Waals surface area contributed by atoms with Crippen LogP contribution >= 0.6 is 0 Å². The molecule has 3 rings (SSSR count). The summed E-state index contributed by atoms with van der Waals surface area (Å²) in [4.78, 5) is 20.3. The monoisotopic (exact) mass is 237 g/mol. The molecule has 2 aromatic rings. The zero-order chi connectivity index (χ0) is 12.5. The van der Waals surface area contributed by atoms with Crippen LogP contribution in [0.2, 0.25) is 0 Å². The molecule has 0 N–H and O–H groups in total. The topological polar surface area (TPSA) is 46.7 Å². The van der Waals surface area contributed by atoms with E-state index in [1.165, 1.54) is 0 Å². The van der Waals surface area contributed by atoms with Crippen molar-refractivity contribution in [1.82, 2.24) is 4.57 Å². The van der Waals surface area contributed by atoms with Crippen molar-refractivity contribution in [2.45, 2.75) is 0 Å². The number of aryl methyl sites for hydroxylation is 1. The molecular formula is C14H11N3O. The number of hydrogen-bond acceptors (Lipinski definition) is 2. The number of hydrogen-bond donors (Lipinski definition) is 0. The first-order valence-corrected chi connectivity index (χ1v) is 5.62. The van der Waals surface area contributed by atoms with Gasteiger partial charge in [-0.1, -0.05) is 18.2 Å². The summed E-state index contributed by atoms with van der Waals surface area (Å²) >= 11 is 0. The lowest BCUT2D eigenvalue weighted by atomic mass is 10.1. The number of nitrogens with zero attached hydrogens (tertiary/aromatic N) is 3. The second kappa shape index (κ2) is 4.07. The van der Waals surface area contributed by atoms with Gasteiger partial charge in [0.05, 0.1) is 23.2 Å². The number of aromatic nitrogens is 1. The van der Waals surface area contributed by atoms with Crippen LogP contribution in [0.25, 0.3) is 0 Å². The summed E-state index contributed by atoms with van der Waals surface area (Å²) in [5.74, 6) is -0.242. The summed E-state index contributed by atoms with van der Waals surface area (Å²) in [6.45, 7) is 0. The van der Waals surface area contributed by atoms with E-state index in [-0.39, 0.29) is 5.91 Å². The van der Waals surface area contributed by atoms with Gasteiger partial charge in [0.2, 0.25) is 0 Å². The van der Waals surface area contributed by atoms with E-state index >= 15 is 0 Å². The van der Waals surface area contributed by atoms with Crippen molar-refractivity contribution in [1.29, 1.82) is 0 Å². The van der Waals surface area contributed by atoms with E-state index in [1.54, 1.807) is 18.5 Å². The van der Waals surface area contributed by atoms with Crippen molar-refractivity contribution >= 4 is 23.5 Å². The largest absolute Gasteiger partial charge is 0.356 e. The quantitative estimate of drug-likeness (QED) is 0.751. The maximum absolute atomic E-state index is 12.0. The van der Waals surface area contributed by atoms with Crippen molar-refractivity contribution in [3.05, 3.63) is 53.9 Å². The summed E-state index contributed by atoms with van der Waals surface area (Å²) < 4.78 is 1.82. The maximum atomic E-state index is 12.0. The summed E-state index contributed by atoms with van der Waals surface area (Å²) in [6, 6.07) is 9.40. The van der Waals surface area contributed by atoms with Crippen molar-refractivity contribution in [2.24, 2.45) is 17.0 Å². The Morgan fingerprint density at radius 2 is 2.11 bits per heavy atom. The molecule has 18 heavy (non-hydrogen) atoms. The van der Waals surface area contributed by atoms with Gasteiger partial charge in [-0.15, -0.1) is 0 Å². The van der Waals surface area contributed by atoms with Crippen LogP contribution in [0.5, 0.6) is 0 Å². The summed E-state index contributed by atoms with van der Waals surface area (Å²) in [7, 11) is 1.87. The summed E-state index contributed by atoms with van der Waals surface area (Å²) in [6.07, 6.45) is 5.21. The molecular weight excluding hydrogens is 226 g/mol. The molecule has 0 bridgehead atoms. The Labute approximate surface area is 104 Å². The van der Waals surface area contributed by atoms with Crippen LogP contribution in [0, 0.1) is 0 Å². The average molecular weight is 237 g/mol. The lowest BCUT2D eigenvalue weighted by Gasteiger charge is -1.97. The Morgan fingerprint density at radius 1 is 1.28 bits per heavy atom. The van der Waals surface area contributed by atoms with Crippen LogP contribution in [0.15, 0.2) is 52.7 Å². The molecule has 0 saturated carbocycles. The Hall–Kier alpha value is -2.49. The molecule has 2 heterocycles. The number of carbonyl (C=O) groups excluding carboxylic acids is 1. The maximum Gasteiger partial charge on any atom is 0.279 e. The molecule has 1 aliphatic rings. The van der Waals surface area contributed by atoms with E-state index in [9.17, 15) is 4.79 Å². The first-order chi connectivity index (χ1) is 8.74. The van der Waals surface area contributed by atoms with Crippen LogP contribution in [0.3, 0.4) is 0 Å². The third kappa shape index (κ3) is 1.78. The second-order valence-corrected chi connectivity index (χ2v) is 4.14. The molecule has 0 spiro atoms. The number of rotatable bonds is 1. The van der Waals surface area contributed by atoms with E-state index < -0.39 is 0 Å². The molecule has 0 atom stereocenters. The van der Waals surface area contributed by atoms with Gasteiger partial charge in [0, 0.05) is 25.0 Å². The first-order valence-electron chi connectivity index (χ1n) is 5.62. The molecule has 0 saturated heterocycles. The highest BCUT2D eigenvalue weighted by Gasteiger charge is 2.15. The first kappa shape index (κ1) is 10.7. The standard InChI is InChI=1S/C14H11N3O/c1-17-7-6-10(9-17)14(18)16-13-8-15-12-5-3-2-4-11(12)13/h2-9H,1H3. The number of carbonyl (C=O) groups is 1. The van der Waals surface area contributed by atoms with Crippen molar-refractivity contribution in [3.63, 3.8) is 0 Å². The van der Waals surface area contributed by atoms with E-state index in [0.717, 1.165) is 11.3 Å². The number of aliphatic imine (C=N–C) groups is 2. The zero-order valence-corrected chi connectivity index (χ0v) is 9.87. The number of benzene rings is 1. The van der Waals surface area contributed by atoms with Gasteiger partial charge < -0.3 is 4.57 Å². The van der Waals surface area contributed by atoms with E-state index in [1.807, 2.05) is 42.1 Å². The van der Waals surface area contributed by atoms with Crippen molar-refractivity contribution < 1.29 is 4.79 Å². The van der Waals surface area contributed by atoms with Gasteiger partial charge in [0.25, 0.3) is 5.91 Å². The molecule has 0 unspecified atom stereocenters. The van der Waals surface area contributed by atoms with Gasteiger partial charge in [-0.3, -0.25) is 9.79 Å². The fraction of sp³-hybridized carbons (Fsp3) is 0.0714. The molecule has 1 aromatic heterocycles. The SMILES string of the molecule is Cn1ccc(C(=O)N=C2C=Nc3ccccc32)c1. The minimum atomic E-state index is -0.242. The van der Waals surface area contributed by atoms with Crippen LogP contribution in [0.1, 0.15) is 15.9 Å². The summed E-state index contributed by atoms with van der Waals surface area (Å²) in [5.41, 5.74) is 2.97. The van der Waals surface area contributed by atoms with Gasteiger partial charge in [-0.05, 0) is 12.1 Å². The smallest absolute Gasteiger partial charge is 0.279 e. The van der Waals surface area contributed by atoms with Crippen LogP contribution < -0.4 is 0 Å². The average Bonchev–Trinajstić information content (AvgIpc) is 2.97. The van der Waals surface area contributed by atoms with Crippen LogP contribution in [0.4, 0.5) is 5.69 Å². The van der Waals surface area contributed by atoms with Crippen LogP contribution in [-0.4, -0.2) is 22.4 Å². The molecule has 1 aromatic carbocycles. The molecule has 0 aliphatic carbocycles. The molecule has 0 radical (unpaired) electrons. The fourth-order valence-electron chi connectivity index (χ4n) is 1.90. The van der Waals surface area contributed by atoms with Gasteiger partial charge in [-0.2, -0.15) is 0 Å². The third-order valence-corrected chi connectivity index (χ3v) is 2.81. The third-order valence-electron chi connectivity index (χ3n) is 2.81. The Kier molecular flexibility index (Phi) is 2.41. The Balaban J connectivity index is 1.95. The Bertz CT molecular complexity index is 680. The summed E-state index contributed by atoms with van der Waals surface area (Å²) in [5, 5.41) is 0. The van der Waals surface area contributed by atoms with E-state index in [4.69, 9.17) is 0 Å². The molecule has 4 heteroatoms. The van der Waals surface area contributed by atoms with Crippen molar-refractivity contribution in [2.75, 3.05) is 0 Å². The van der Waals surface area contributed by atoms with Gasteiger partial charge in [0.15, 0.2) is 0 Å². The molecule has 4 nitrogen and oxygen atoms in total. The molecule has 88 valence electrons. The highest BCUT2D eigenvalue weighted by atomic mass is 16.1. The minimum absolute atomic E-state index is 0.242. The normalized spacial score (nSPS) is 15.1. The molecule has 0 fully saturated rings. The van der Waals surface area contributed by atoms with Crippen molar-refractivity contribution in [3.8, 4) is 0 Å². The highest BCUT2D eigenvalue weighted by molar-refractivity contribution is 6.44. The van der Waals surface area contributed by atoms with Gasteiger partial charge in [0.1, 0.15) is 0 Å². The van der Waals surface area contributed by atoms with E-state index in [0.29, 0.717) is 11.3 Å². The number of fused-ring (bicyclic) bond motifs is 1. The lowest BCUT2D eigenvalue weighted by Crippen LogP contribution is -2.03. The fourth-order valence-corrected chi connectivity index (χ4v) is 1.90. The molecule has 1 amide bonds. The predicted molar refractivity (Wildman–Crippen MR) is 70.9 cm³/mol. The lowest BCUT2D eigenvalue weighted by molar-refractivity contribution is 0.100. The predicted octanol–water partition coefficient (Wildman–Crippen LogP) is 2.37. The minimum Gasteiger partial charge on any atom is -0.356 e. The number of para-hydroxylation sites is 1.